The molecule has 1 saturated heterocycles. The maximum atomic E-state index is 6.59. The van der Waals surface area contributed by atoms with E-state index in [1.165, 1.54) is 37.0 Å². The third-order valence-corrected chi connectivity index (χ3v) is 7.21. The molecule has 4 nitrogen and oxygen atoms in total. The number of halogens is 1. The fourth-order valence-corrected chi connectivity index (χ4v) is 5.17. The van der Waals surface area contributed by atoms with E-state index in [4.69, 9.17) is 21.3 Å². The normalized spacial score (nSPS) is 17.0. The van der Waals surface area contributed by atoms with Crippen LogP contribution in [0.5, 0.6) is 5.75 Å². The van der Waals surface area contributed by atoms with Gasteiger partial charge in [0, 0.05) is 22.7 Å². The molecular weight excluding hydrogens is 406 g/mol. The van der Waals surface area contributed by atoms with Crippen molar-refractivity contribution in [3.05, 3.63) is 47.6 Å². The molecule has 1 aliphatic rings. The first-order valence-electron chi connectivity index (χ1n) is 11.2. The zero-order chi connectivity index (χ0) is 21.6. The van der Waals surface area contributed by atoms with Crippen LogP contribution in [0, 0.1) is 5.41 Å². The molecule has 0 unspecified atom stereocenters. The van der Waals surface area contributed by atoms with Crippen LogP contribution in [0.15, 0.2) is 42.5 Å². The highest BCUT2D eigenvalue weighted by Gasteiger charge is 2.25. The minimum Gasteiger partial charge on any atom is -0.497 e. The lowest BCUT2D eigenvalue weighted by Gasteiger charge is -2.36. The summed E-state index contributed by atoms with van der Waals surface area (Å²) in [4.78, 5) is 7.44. The maximum Gasteiger partial charge on any atom is 0.137 e. The molecule has 0 bridgehead atoms. The number of nitrogens with zero attached hydrogens (tertiary/aromatic N) is 3. The number of aryl methyl sites for hydroxylation is 1. The van der Waals surface area contributed by atoms with Crippen LogP contribution in [-0.2, 0) is 6.54 Å². The van der Waals surface area contributed by atoms with Gasteiger partial charge in [-0.1, -0.05) is 49.7 Å². The molecule has 0 radical (unpaired) electrons. The lowest BCUT2D eigenvalue weighted by Crippen LogP contribution is -2.38. The first-order chi connectivity index (χ1) is 15.0. The van der Waals surface area contributed by atoms with Crippen LogP contribution in [0.3, 0.4) is 0 Å². The average Bonchev–Trinajstić information content (AvgIpc) is 3.08. The van der Waals surface area contributed by atoms with Gasteiger partial charge in [-0.3, -0.25) is 0 Å². The molecule has 0 atom stereocenters. The number of methoxy groups -OCH3 is 1. The van der Waals surface area contributed by atoms with Crippen molar-refractivity contribution < 1.29 is 4.74 Å². The van der Waals surface area contributed by atoms with Crippen molar-refractivity contribution in [1.29, 1.82) is 0 Å². The standard InChI is InChI=1S/C26H30ClN3O/c1-26(2)11-15-29(16-12-26)13-6-14-30-22-10-9-18(31-3)17-21(22)23-24(30)19-7-4-5-8-20(19)25(27)28-23/h4-5,7-10,17H,6,11-16H2,1-3H3. The van der Waals surface area contributed by atoms with Gasteiger partial charge in [0.15, 0.2) is 0 Å². The van der Waals surface area contributed by atoms with Gasteiger partial charge in [0.05, 0.1) is 23.7 Å². The highest BCUT2D eigenvalue weighted by Crippen LogP contribution is 2.37. The van der Waals surface area contributed by atoms with Crippen LogP contribution in [-0.4, -0.2) is 41.2 Å². The zero-order valence-electron chi connectivity index (χ0n) is 18.6. The van der Waals surface area contributed by atoms with Crippen LogP contribution in [0.25, 0.3) is 32.7 Å². The molecule has 0 spiro atoms. The average molecular weight is 436 g/mol. The van der Waals surface area contributed by atoms with E-state index in [1.807, 2.05) is 12.1 Å². The van der Waals surface area contributed by atoms with Gasteiger partial charge in [0.2, 0.25) is 0 Å². The molecule has 1 aliphatic heterocycles. The van der Waals surface area contributed by atoms with E-state index in [1.54, 1.807) is 7.11 Å². The number of benzene rings is 2. The minimum atomic E-state index is 0.492. The Labute approximate surface area is 188 Å². The van der Waals surface area contributed by atoms with Crippen molar-refractivity contribution in [2.24, 2.45) is 5.41 Å². The number of hydrogen-bond donors (Lipinski definition) is 0. The number of piperidine rings is 1. The molecule has 3 heterocycles. The number of ether oxygens (including phenoxy) is 1. The topological polar surface area (TPSA) is 30.3 Å². The minimum absolute atomic E-state index is 0.492. The number of hydrogen-bond acceptors (Lipinski definition) is 3. The fraction of sp³-hybridized carbons (Fsp3) is 0.423. The van der Waals surface area contributed by atoms with E-state index >= 15 is 0 Å². The maximum absolute atomic E-state index is 6.59. The molecule has 0 amide bonds. The number of fused-ring (bicyclic) bond motifs is 5. The summed E-state index contributed by atoms with van der Waals surface area (Å²) in [5.74, 6) is 0.841. The predicted molar refractivity (Wildman–Crippen MR) is 130 cm³/mol. The molecule has 0 aliphatic carbocycles. The summed E-state index contributed by atoms with van der Waals surface area (Å²) in [6, 6.07) is 14.6. The van der Waals surface area contributed by atoms with Crippen LogP contribution in [0.4, 0.5) is 0 Å². The van der Waals surface area contributed by atoms with Gasteiger partial charge in [-0.15, -0.1) is 0 Å². The summed E-state index contributed by atoms with van der Waals surface area (Å²) in [5.41, 5.74) is 3.81. The van der Waals surface area contributed by atoms with Crippen LogP contribution < -0.4 is 4.74 Å². The molecule has 4 aromatic rings. The Bertz CT molecular complexity index is 1250. The lowest BCUT2D eigenvalue weighted by molar-refractivity contribution is 0.130. The Balaban J connectivity index is 1.55. The first kappa shape index (κ1) is 20.6. The number of aromatic nitrogens is 2. The molecule has 5 rings (SSSR count). The predicted octanol–water partition coefficient (Wildman–Crippen LogP) is 6.52. The molecule has 2 aromatic carbocycles. The van der Waals surface area contributed by atoms with Gasteiger partial charge < -0.3 is 14.2 Å². The summed E-state index contributed by atoms with van der Waals surface area (Å²) in [5, 5.41) is 3.82. The van der Waals surface area contributed by atoms with E-state index < -0.39 is 0 Å². The summed E-state index contributed by atoms with van der Waals surface area (Å²) in [6.45, 7) is 9.28. The largest absolute Gasteiger partial charge is 0.497 e. The Hall–Kier alpha value is -2.30. The zero-order valence-corrected chi connectivity index (χ0v) is 19.4. The number of pyridine rings is 1. The molecule has 0 N–H and O–H groups in total. The van der Waals surface area contributed by atoms with Gasteiger partial charge in [0.25, 0.3) is 0 Å². The summed E-state index contributed by atoms with van der Waals surface area (Å²) >= 11 is 6.59. The Morgan fingerprint density at radius 3 is 2.48 bits per heavy atom. The molecule has 2 aromatic heterocycles. The Morgan fingerprint density at radius 2 is 1.74 bits per heavy atom. The quantitative estimate of drug-likeness (QED) is 0.334. The van der Waals surface area contributed by atoms with E-state index in [9.17, 15) is 0 Å². The van der Waals surface area contributed by atoms with E-state index in [0.717, 1.165) is 46.9 Å². The third-order valence-electron chi connectivity index (χ3n) is 6.92. The monoisotopic (exact) mass is 435 g/mol. The second kappa shape index (κ2) is 7.99. The number of likely N-dealkylation sites (tertiary alicyclic amines) is 1. The van der Waals surface area contributed by atoms with E-state index in [0.29, 0.717) is 10.6 Å². The molecule has 1 fully saturated rings. The van der Waals surface area contributed by atoms with E-state index in [-0.39, 0.29) is 0 Å². The smallest absolute Gasteiger partial charge is 0.137 e. The second-order valence-electron chi connectivity index (χ2n) is 9.54. The van der Waals surface area contributed by atoms with Crippen molar-refractivity contribution in [3.63, 3.8) is 0 Å². The summed E-state index contributed by atoms with van der Waals surface area (Å²) in [7, 11) is 1.70. The first-order valence-corrected chi connectivity index (χ1v) is 11.6. The van der Waals surface area contributed by atoms with Gasteiger partial charge in [-0.05, 0) is 62.5 Å². The van der Waals surface area contributed by atoms with Crippen molar-refractivity contribution in [3.8, 4) is 5.75 Å². The molecule has 31 heavy (non-hydrogen) atoms. The SMILES string of the molecule is COc1ccc2c(c1)c1nc(Cl)c3ccccc3c1n2CCCN1CCC(C)(C)CC1. The summed E-state index contributed by atoms with van der Waals surface area (Å²) in [6.07, 6.45) is 3.69. The third kappa shape index (κ3) is 3.77. The van der Waals surface area contributed by atoms with Crippen molar-refractivity contribution in [2.45, 2.75) is 39.7 Å². The Morgan fingerprint density at radius 1 is 1.00 bits per heavy atom. The van der Waals surface area contributed by atoms with Crippen molar-refractivity contribution in [1.82, 2.24) is 14.5 Å². The Kier molecular flexibility index (Phi) is 5.31. The second-order valence-corrected chi connectivity index (χ2v) is 9.90. The fourth-order valence-electron chi connectivity index (χ4n) is 4.92. The lowest BCUT2D eigenvalue weighted by atomic mass is 9.83. The highest BCUT2D eigenvalue weighted by molar-refractivity contribution is 6.36. The van der Waals surface area contributed by atoms with Gasteiger partial charge in [-0.2, -0.15) is 0 Å². The van der Waals surface area contributed by atoms with Gasteiger partial charge in [-0.25, -0.2) is 4.98 Å². The van der Waals surface area contributed by atoms with Gasteiger partial charge >= 0.3 is 0 Å². The van der Waals surface area contributed by atoms with Crippen LogP contribution in [0.1, 0.15) is 33.1 Å². The summed E-state index contributed by atoms with van der Waals surface area (Å²) < 4.78 is 7.93. The van der Waals surface area contributed by atoms with Crippen LogP contribution in [0.2, 0.25) is 5.15 Å². The van der Waals surface area contributed by atoms with Crippen molar-refractivity contribution in [2.75, 3.05) is 26.7 Å². The van der Waals surface area contributed by atoms with E-state index in [2.05, 4.69) is 53.6 Å². The van der Waals surface area contributed by atoms with Crippen molar-refractivity contribution >= 4 is 44.3 Å². The molecule has 5 heteroatoms. The molecule has 0 saturated carbocycles. The van der Waals surface area contributed by atoms with Crippen LogP contribution >= 0.6 is 11.6 Å². The highest BCUT2D eigenvalue weighted by atomic mass is 35.5. The molecule has 162 valence electrons. The number of rotatable bonds is 5. The molecular formula is C26H30ClN3O. The van der Waals surface area contributed by atoms with Gasteiger partial charge in [0.1, 0.15) is 10.9 Å².